The molecule has 0 saturated carbocycles. The summed E-state index contributed by atoms with van der Waals surface area (Å²) in [6, 6.07) is -0.186. The molecule has 0 unspecified atom stereocenters. The van der Waals surface area contributed by atoms with Crippen molar-refractivity contribution in [3.05, 3.63) is 11.7 Å². The second-order valence-corrected chi connectivity index (χ2v) is 2.26. The first-order valence-electron chi connectivity index (χ1n) is 3.11. The molecule has 1 heterocycles. The Bertz CT molecular complexity index is 290. The van der Waals surface area contributed by atoms with Crippen LogP contribution in [0.15, 0.2) is 9.52 Å². The van der Waals surface area contributed by atoms with E-state index in [2.05, 4.69) is 32.5 Å². The van der Waals surface area contributed by atoms with E-state index in [1.807, 2.05) is 6.92 Å². The molecule has 0 aliphatic heterocycles. The zero-order valence-corrected chi connectivity index (χ0v) is 7.05. The molecule has 0 aliphatic rings. The number of aromatic nitrogens is 2. The van der Waals surface area contributed by atoms with Crippen LogP contribution in [-0.2, 0) is 0 Å². The number of rotatable bonds is 2. The summed E-state index contributed by atoms with van der Waals surface area (Å²) in [5.74, 6) is 1.08. The van der Waals surface area contributed by atoms with Crippen LogP contribution in [0.2, 0.25) is 0 Å². The second kappa shape index (κ2) is 3.37. The van der Waals surface area contributed by atoms with E-state index in [1.165, 1.54) is 0 Å². The minimum atomic E-state index is -0.186. The van der Waals surface area contributed by atoms with Gasteiger partial charge in [-0.3, -0.25) is 0 Å². The molecule has 4 nitrogen and oxygen atoms in total. The molecule has 1 atom stereocenters. The van der Waals surface area contributed by atoms with Crippen molar-refractivity contribution < 1.29 is 4.52 Å². The zero-order valence-electron chi connectivity index (χ0n) is 6.24. The first kappa shape index (κ1) is 8.04. The normalized spacial score (nSPS) is 12.2. The Morgan fingerprint density at radius 1 is 1.73 bits per heavy atom. The lowest BCUT2D eigenvalue weighted by Gasteiger charge is -1.92. The number of hydrogen-bond acceptors (Lipinski definition) is 5. The van der Waals surface area contributed by atoms with E-state index in [1.54, 1.807) is 6.92 Å². The molecule has 0 bridgehead atoms. The number of nitrogens with zero attached hydrogens (tertiary/aromatic N) is 3. The van der Waals surface area contributed by atoms with Crippen LogP contribution in [0.5, 0.6) is 0 Å². The Morgan fingerprint density at radius 3 is 2.91 bits per heavy atom. The molecule has 1 aromatic heterocycles. The van der Waals surface area contributed by atoms with Gasteiger partial charge in [0, 0.05) is 0 Å². The van der Waals surface area contributed by atoms with E-state index in [0.29, 0.717) is 11.7 Å². The van der Waals surface area contributed by atoms with Crippen molar-refractivity contribution in [2.75, 3.05) is 0 Å². The maximum atomic E-state index is 4.84. The Labute approximate surface area is 69.3 Å². The van der Waals surface area contributed by atoms with Gasteiger partial charge in [0.05, 0.1) is 5.16 Å². The molecule has 0 radical (unpaired) electrons. The summed E-state index contributed by atoms with van der Waals surface area (Å²) >= 11 is 4.43. The van der Waals surface area contributed by atoms with Gasteiger partial charge in [0.2, 0.25) is 0 Å². The summed E-state index contributed by atoms with van der Waals surface area (Å²) < 4.78 is 4.84. The highest BCUT2D eigenvalue weighted by Gasteiger charge is 2.09. The first-order valence-corrected chi connectivity index (χ1v) is 3.52. The van der Waals surface area contributed by atoms with Crippen molar-refractivity contribution in [1.29, 1.82) is 0 Å². The smallest absolute Gasteiger partial charge is 0.251 e. The summed E-state index contributed by atoms with van der Waals surface area (Å²) in [6.45, 7) is 3.56. The SMILES string of the molecule is Cc1noc([C@H](C)N=C=S)n1. The zero-order chi connectivity index (χ0) is 8.27. The van der Waals surface area contributed by atoms with Gasteiger partial charge >= 0.3 is 0 Å². The minimum absolute atomic E-state index is 0.186. The molecule has 0 fully saturated rings. The Kier molecular flexibility index (Phi) is 2.46. The van der Waals surface area contributed by atoms with Crippen molar-refractivity contribution in [1.82, 2.24) is 10.1 Å². The molecule has 0 saturated heterocycles. The van der Waals surface area contributed by atoms with E-state index in [4.69, 9.17) is 4.52 Å². The number of thiocarbonyl (C=S) groups is 1. The van der Waals surface area contributed by atoms with Gasteiger partial charge in [-0.2, -0.15) is 4.98 Å². The predicted octanol–water partition coefficient (Wildman–Crippen LogP) is 1.54. The lowest BCUT2D eigenvalue weighted by molar-refractivity contribution is 0.359. The van der Waals surface area contributed by atoms with Gasteiger partial charge in [-0.15, -0.1) is 0 Å². The van der Waals surface area contributed by atoms with E-state index < -0.39 is 0 Å². The standard InChI is InChI=1S/C6H7N3OS/c1-4(7-3-11)6-8-5(2)9-10-6/h4H,1-2H3/t4-/m0/s1. The summed E-state index contributed by atoms with van der Waals surface area (Å²) in [6.07, 6.45) is 0. The molecule has 0 aromatic carbocycles. The van der Waals surface area contributed by atoms with Crippen molar-refractivity contribution in [3.63, 3.8) is 0 Å². The van der Waals surface area contributed by atoms with Gasteiger partial charge in [0.15, 0.2) is 5.82 Å². The average molecular weight is 169 g/mol. The first-order chi connectivity index (χ1) is 5.24. The lowest BCUT2D eigenvalue weighted by Crippen LogP contribution is -1.88. The average Bonchev–Trinajstić information content (AvgIpc) is 2.36. The summed E-state index contributed by atoms with van der Waals surface area (Å²) in [5, 5.41) is 5.87. The second-order valence-electron chi connectivity index (χ2n) is 2.08. The monoisotopic (exact) mass is 169 g/mol. The van der Waals surface area contributed by atoms with Crippen molar-refractivity contribution in [2.45, 2.75) is 19.9 Å². The fourth-order valence-electron chi connectivity index (χ4n) is 0.617. The molecule has 5 heteroatoms. The van der Waals surface area contributed by atoms with Crippen LogP contribution < -0.4 is 0 Å². The molecule has 0 spiro atoms. The fourth-order valence-corrected chi connectivity index (χ4v) is 0.775. The van der Waals surface area contributed by atoms with Crippen LogP contribution >= 0.6 is 12.2 Å². The van der Waals surface area contributed by atoms with Crippen molar-refractivity contribution in [3.8, 4) is 0 Å². The molecule has 11 heavy (non-hydrogen) atoms. The van der Waals surface area contributed by atoms with Gasteiger partial charge in [0.1, 0.15) is 6.04 Å². The number of isothiocyanates is 1. The number of aliphatic imine (C=N–C) groups is 1. The number of hydrogen-bond donors (Lipinski definition) is 0. The molecule has 1 aromatic rings. The van der Waals surface area contributed by atoms with Gasteiger partial charge < -0.3 is 4.52 Å². The molecule has 1 rings (SSSR count). The molecule has 0 amide bonds. The van der Waals surface area contributed by atoms with Crippen LogP contribution in [0.25, 0.3) is 0 Å². The molecular formula is C6H7N3OS. The summed E-state index contributed by atoms with van der Waals surface area (Å²) in [4.78, 5) is 7.75. The Hall–Kier alpha value is -1.06. The van der Waals surface area contributed by atoms with Gasteiger partial charge in [-0.25, -0.2) is 4.99 Å². The largest absolute Gasteiger partial charge is 0.337 e. The van der Waals surface area contributed by atoms with E-state index in [9.17, 15) is 0 Å². The Morgan fingerprint density at radius 2 is 2.45 bits per heavy atom. The van der Waals surface area contributed by atoms with Crippen LogP contribution in [0.3, 0.4) is 0 Å². The highest BCUT2D eigenvalue weighted by molar-refractivity contribution is 7.78. The van der Waals surface area contributed by atoms with Crippen LogP contribution in [0.1, 0.15) is 24.7 Å². The van der Waals surface area contributed by atoms with E-state index in [0.717, 1.165) is 0 Å². The summed E-state index contributed by atoms with van der Waals surface area (Å²) in [5.41, 5.74) is 0. The van der Waals surface area contributed by atoms with Crippen molar-refractivity contribution in [2.24, 2.45) is 4.99 Å². The lowest BCUT2D eigenvalue weighted by atomic mass is 10.4. The predicted molar refractivity (Wildman–Crippen MR) is 42.5 cm³/mol. The van der Waals surface area contributed by atoms with Gasteiger partial charge in [-0.05, 0) is 26.1 Å². The van der Waals surface area contributed by atoms with E-state index >= 15 is 0 Å². The third-order valence-corrected chi connectivity index (χ3v) is 1.25. The fraction of sp³-hybridized carbons (Fsp3) is 0.500. The molecule has 0 aliphatic carbocycles. The summed E-state index contributed by atoms with van der Waals surface area (Å²) in [7, 11) is 0. The molecule has 58 valence electrons. The van der Waals surface area contributed by atoms with Crippen molar-refractivity contribution >= 4 is 17.4 Å². The molecular weight excluding hydrogens is 162 g/mol. The van der Waals surface area contributed by atoms with Crippen LogP contribution in [0, 0.1) is 6.92 Å². The highest BCUT2D eigenvalue weighted by Crippen LogP contribution is 2.12. The Balaban J connectivity index is 2.84. The number of aryl methyl sites for hydroxylation is 1. The van der Waals surface area contributed by atoms with Crippen LogP contribution in [-0.4, -0.2) is 15.3 Å². The third-order valence-electron chi connectivity index (χ3n) is 1.15. The minimum Gasteiger partial charge on any atom is -0.337 e. The quantitative estimate of drug-likeness (QED) is 0.497. The maximum absolute atomic E-state index is 4.84. The topological polar surface area (TPSA) is 51.3 Å². The third kappa shape index (κ3) is 1.93. The van der Waals surface area contributed by atoms with Crippen LogP contribution in [0.4, 0.5) is 0 Å². The van der Waals surface area contributed by atoms with Gasteiger partial charge in [0.25, 0.3) is 5.89 Å². The van der Waals surface area contributed by atoms with Gasteiger partial charge in [-0.1, -0.05) is 5.16 Å². The highest BCUT2D eigenvalue weighted by atomic mass is 32.1. The maximum Gasteiger partial charge on any atom is 0.251 e. The molecule has 0 N–H and O–H groups in total. The van der Waals surface area contributed by atoms with E-state index in [-0.39, 0.29) is 6.04 Å².